The molecule has 5 rings (SSSR count). The van der Waals surface area contributed by atoms with E-state index < -0.39 is 10.0 Å². The molecule has 0 saturated heterocycles. The maximum atomic E-state index is 12.7. The van der Waals surface area contributed by atoms with Crippen molar-refractivity contribution in [1.29, 1.82) is 0 Å². The average molecular weight is 439 g/mol. The molecule has 0 aliphatic carbocycles. The molecule has 0 bridgehead atoms. The number of rotatable bonds is 5. The minimum absolute atomic E-state index is 0.173. The number of hydrogen-bond donors (Lipinski definition) is 2. The standard InChI is InChI=1S/C20H14N4O2S3/c25-29(26,24-20-23-16-6-2-4-8-18(16)28-20)14-11-9-13(10-12-14)21-19-22-15-5-1-3-7-17(15)27-19/h1-12H,(H,21,22)(H,23,24). The summed E-state index contributed by atoms with van der Waals surface area (Å²) in [6.07, 6.45) is 0. The summed E-state index contributed by atoms with van der Waals surface area (Å²) in [4.78, 5) is 9.03. The lowest BCUT2D eigenvalue weighted by molar-refractivity contribution is 0.601. The highest BCUT2D eigenvalue weighted by Gasteiger charge is 2.16. The van der Waals surface area contributed by atoms with E-state index in [-0.39, 0.29) is 4.90 Å². The van der Waals surface area contributed by atoms with E-state index in [0.717, 1.165) is 31.3 Å². The van der Waals surface area contributed by atoms with Crippen LogP contribution < -0.4 is 10.0 Å². The molecule has 2 aromatic heterocycles. The van der Waals surface area contributed by atoms with E-state index in [1.54, 1.807) is 35.6 Å². The van der Waals surface area contributed by atoms with Crippen LogP contribution in [0, 0.1) is 0 Å². The predicted molar refractivity (Wildman–Crippen MR) is 120 cm³/mol. The van der Waals surface area contributed by atoms with Crippen LogP contribution in [-0.2, 0) is 10.0 Å². The van der Waals surface area contributed by atoms with Gasteiger partial charge in [0.2, 0.25) is 0 Å². The number of nitrogens with zero attached hydrogens (tertiary/aromatic N) is 2. The van der Waals surface area contributed by atoms with E-state index in [2.05, 4.69) is 20.0 Å². The zero-order valence-electron chi connectivity index (χ0n) is 14.9. The zero-order valence-corrected chi connectivity index (χ0v) is 17.3. The minimum atomic E-state index is -3.71. The lowest BCUT2D eigenvalue weighted by atomic mass is 10.3. The van der Waals surface area contributed by atoms with Crippen molar-refractivity contribution in [2.24, 2.45) is 0 Å². The molecule has 2 heterocycles. The molecular weight excluding hydrogens is 424 g/mol. The highest BCUT2D eigenvalue weighted by molar-refractivity contribution is 7.93. The van der Waals surface area contributed by atoms with Crippen molar-refractivity contribution in [3.63, 3.8) is 0 Å². The molecule has 29 heavy (non-hydrogen) atoms. The second-order valence-electron chi connectivity index (χ2n) is 6.23. The fourth-order valence-corrected chi connectivity index (χ4v) is 5.84. The number of benzene rings is 3. The molecule has 0 aliphatic heterocycles. The van der Waals surface area contributed by atoms with Gasteiger partial charge in [-0.05, 0) is 48.5 Å². The van der Waals surface area contributed by atoms with Gasteiger partial charge in [0.25, 0.3) is 10.0 Å². The summed E-state index contributed by atoms with van der Waals surface area (Å²) in [5.41, 5.74) is 2.47. The van der Waals surface area contributed by atoms with Crippen LogP contribution in [0.25, 0.3) is 20.4 Å². The molecule has 2 N–H and O–H groups in total. The maximum absolute atomic E-state index is 12.7. The summed E-state index contributed by atoms with van der Waals surface area (Å²) < 4.78 is 30.0. The second-order valence-corrected chi connectivity index (χ2v) is 9.97. The van der Waals surface area contributed by atoms with Gasteiger partial charge < -0.3 is 5.32 Å². The fraction of sp³-hybridized carbons (Fsp3) is 0. The number of para-hydroxylation sites is 2. The minimum Gasteiger partial charge on any atom is -0.332 e. The van der Waals surface area contributed by atoms with Crippen molar-refractivity contribution in [2.45, 2.75) is 4.90 Å². The van der Waals surface area contributed by atoms with Crippen molar-refractivity contribution in [1.82, 2.24) is 9.97 Å². The molecule has 6 nitrogen and oxygen atoms in total. The lowest BCUT2D eigenvalue weighted by Gasteiger charge is -2.07. The number of nitrogens with one attached hydrogen (secondary N) is 2. The van der Waals surface area contributed by atoms with Crippen LogP contribution in [0.15, 0.2) is 77.7 Å². The van der Waals surface area contributed by atoms with Gasteiger partial charge in [-0.2, -0.15) is 0 Å². The topological polar surface area (TPSA) is 84.0 Å². The highest BCUT2D eigenvalue weighted by Crippen LogP contribution is 2.30. The molecule has 144 valence electrons. The third kappa shape index (κ3) is 3.67. The van der Waals surface area contributed by atoms with E-state index in [4.69, 9.17) is 0 Å². The number of fused-ring (bicyclic) bond motifs is 2. The number of anilines is 3. The molecule has 0 unspecified atom stereocenters. The van der Waals surface area contributed by atoms with Crippen LogP contribution in [0.1, 0.15) is 0 Å². The van der Waals surface area contributed by atoms with Gasteiger partial charge in [-0.15, -0.1) is 0 Å². The molecule has 0 fully saturated rings. The van der Waals surface area contributed by atoms with Crippen molar-refractivity contribution in [3.8, 4) is 0 Å². The van der Waals surface area contributed by atoms with E-state index in [1.165, 1.54) is 11.3 Å². The van der Waals surface area contributed by atoms with Crippen molar-refractivity contribution in [3.05, 3.63) is 72.8 Å². The van der Waals surface area contributed by atoms with Gasteiger partial charge in [0.15, 0.2) is 10.3 Å². The van der Waals surface area contributed by atoms with E-state index >= 15 is 0 Å². The SMILES string of the molecule is O=S(=O)(Nc1nc2ccccc2s1)c1ccc(Nc2nc3ccccc3s2)cc1. The van der Waals surface area contributed by atoms with Gasteiger partial charge in [-0.1, -0.05) is 46.9 Å². The second kappa shape index (κ2) is 7.11. The third-order valence-corrected chi connectivity index (χ3v) is 7.61. The van der Waals surface area contributed by atoms with Gasteiger partial charge in [-0.25, -0.2) is 18.4 Å². The zero-order chi connectivity index (χ0) is 19.8. The summed E-state index contributed by atoms with van der Waals surface area (Å²) >= 11 is 2.85. The molecule has 0 aliphatic rings. The Balaban J connectivity index is 1.35. The molecule has 9 heteroatoms. The lowest BCUT2D eigenvalue weighted by Crippen LogP contribution is -2.12. The third-order valence-electron chi connectivity index (χ3n) is 4.23. The van der Waals surface area contributed by atoms with Gasteiger partial charge >= 0.3 is 0 Å². The predicted octanol–water partition coefficient (Wildman–Crippen LogP) is 5.45. The number of aromatic nitrogens is 2. The monoisotopic (exact) mass is 438 g/mol. The molecule has 0 saturated carbocycles. The van der Waals surface area contributed by atoms with Crippen LogP contribution >= 0.6 is 22.7 Å². The first-order valence-electron chi connectivity index (χ1n) is 8.68. The Kier molecular flexibility index (Phi) is 4.42. The van der Waals surface area contributed by atoms with Crippen molar-refractivity contribution >= 4 is 69.1 Å². The number of thiazole rings is 2. The van der Waals surface area contributed by atoms with Gasteiger partial charge in [0.1, 0.15) is 0 Å². The molecule has 0 atom stereocenters. The Bertz CT molecular complexity index is 1360. The quantitative estimate of drug-likeness (QED) is 0.381. The Labute approximate surface area is 174 Å². The van der Waals surface area contributed by atoms with Gasteiger partial charge in [-0.3, -0.25) is 4.72 Å². The molecule has 3 aromatic carbocycles. The van der Waals surface area contributed by atoms with E-state index in [9.17, 15) is 8.42 Å². The number of sulfonamides is 1. The first-order valence-corrected chi connectivity index (χ1v) is 11.8. The number of hydrogen-bond acceptors (Lipinski definition) is 7. The maximum Gasteiger partial charge on any atom is 0.263 e. The first kappa shape index (κ1) is 18.0. The summed E-state index contributed by atoms with van der Waals surface area (Å²) in [6.45, 7) is 0. The van der Waals surface area contributed by atoms with E-state index in [0.29, 0.717) is 5.13 Å². The van der Waals surface area contributed by atoms with Crippen LogP contribution in [-0.4, -0.2) is 18.4 Å². The normalized spacial score (nSPS) is 11.7. The molecule has 0 spiro atoms. The highest BCUT2D eigenvalue weighted by atomic mass is 32.2. The fourth-order valence-electron chi connectivity index (χ4n) is 2.86. The van der Waals surface area contributed by atoms with Gasteiger partial charge in [0, 0.05) is 5.69 Å². The molecular formula is C20H14N4O2S3. The Morgan fingerprint density at radius 2 is 1.24 bits per heavy atom. The Morgan fingerprint density at radius 3 is 1.86 bits per heavy atom. The smallest absolute Gasteiger partial charge is 0.263 e. The summed E-state index contributed by atoms with van der Waals surface area (Å²) in [5.74, 6) is 0. The van der Waals surface area contributed by atoms with Crippen LogP contribution in [0.2, 0.25) is 0 Å². The summed E-state index contributed by atoms with van der Waals surface area (Å²) in [5, 5.41) is 4.33. The molecule has 0 amide bonds. The van der Waals surface area contributed by atoms with Crippen molar-refractivity contribution in [2.75, 3.05) is 10.0 Å². The van der Waals surface area contributed by atoms with Crippen LogP contribution in [0.5, 0.6) is 0 Å². The molecule has 0 radical (unpaired) electrons. The molecule has 5 aromatic rings. The van der Waals surface area contributed by atoms with Crippen LogP contribution in [0.4, 0.5) is 16.0 Å². The Hall–Kier alpha value is -3.01. The largest absolute Gasteiger partial charge is 0.332 e. The van der Waals surface area contributed by atoms with Crippen LogP contribution in [0.3, 0.4) is 0 Å². The summed E-state index contributed by atoms with van der Waals surface area (Å²) in [6, 6.07) is 22.0. The van der Waals surface area contributed by atoms with E-state index in [1.807, 2.05) is 48.5 Å². The van der Waals surface area contributed by atoms with Crippen molar-refractivity contribution < 1.29 is 8.42 Å². The first-order chi connectivity index (χ1) is 14.1. The summed E-state index contributed by atoms with van der Waals surface area (Å²) in [7, 11) is -3.71. The Morgan fingerprint density at radius 1 is 0.690 bits per heavy atom. The average Bonchev–Trinajstić information content (AvgIpc) is 3.30. The van der Waals surface area contributed by atoms with Gasteiger partial charge in [0.05, 0.1) is 25.3 Å².